The fourth-order valence-electron chi connectivity index (χ4n) is 3.49. The summed E-state index contributed by atoms with van der Waals surface area (Å²) in [5.74, 6) is 2.89. The van der Waals surface area contributed by atoms with Crippen LogP contribution in [0.2, 0.25) is 0 Å². The summed E-state index contributed by atoms with van der Waals surface area (Å²) >= 11 is 0. The Hall–Kier alpha value is -0.900. The van der Waals surface area contributed by atoms with E-state index in [4.69, 9.17) is 0 Å². The SMILES string of the molecule is CC(C)[C@@H]1CCC[C@H](NCc2nncn2C2CC2)CC1. The molecule has 2 aliphatic carbocycles. The number of rotatable bonds is 5. The molecular weight excluding hydrogens is 248 g/mol. The van der Waals surface area contributed by atoms with Crippen molar-refractivity contribution in [1.29, 1.82) is 0 Å². The maximum absolute atomic E-state index is 4.28. The number of nitrogens with zero attached hydrogens (tertiary/aromatic N) is 3. The summed E-state index contributed by atoms with van der Waals surface area (Å²) in [5.41, 5.74) is 0. The van der Waals surface area contributed by atoms with Gasteiger partial charge in [0.2, 0.25) is 0 Å². The highest BCUT2D eigenvalue weighted by Gasteiger charge is 2.26. The van der Waals surface area contributed by atoms with Gasteiger partial charge in [-0.2, -0.15) is 0 Å². The summed E-state index contributed by atoms with van der Waals surface area (Å²) in [5, 5.41) is 12.1. The van der Waals surface area contributed by atoms with Crippen LogP contribution >= 0.6 is 0 Å². The standard InChI is InChI=1S/C16H28N4/c1-12(2)13-4-3-5-14(7-6-13)17-10-16-19-18-11-20(16)15-8-9-15/h11-15,17H,3-10H2,1-2H3/t13-,14+/m1/s1. The molecule has 2 saturated carbocycles. The Bertz CT molecular complexity index is 422. The fourth-order valence-corrected chi connectivity index (χ4v) is 3.49. The average molecular weight is 276 g/mol. The van der Waals surface area contributed by atoms with E-state index in [1.165, 1.54) is 44.9 Å². The Morgan fingerprint density at radius 3 is 2.80 bits per heavy atom. The van der Waals surface area contributed by atoms with E-state index in [1.807, 2.05) is 6.33 Å². The van der Waals surface area contributed by atoms with Gasteiger partial charge in [0.05, 0.1) is 6.54 Å². The van der Waals surface area contributed by atoms with Crippen LogP contribution in [0.1, 0.15) is 70.7 Å². The van der Waals surface area contributed by atoms with Crippen molar-refractivity contribution in [2.24, 2.45) is 11.8 Å². The van der Waals surface area contributed by atoms with Crippen molar-refractivity contribution < 1.29 is 0 Å². The zero-order valence-corrected chi connectivity index (χ0v) is 12.9. The molecule has 0 spiro atoms. The van der Waals surface area contributed by atoms with Crippen LogP contribution in [0, 0.1) is 11.8 Å². The zero-order chi connectivity index (χ0) is 13.9. The molecule has 1 N–H and O–H groups in total. The van der Waals surface area contributed by atoms with E-state index < -0.39 is 0 Å². The van der Waals surface area contributed by atoms with Gasteiger partial charge >= 0.3 is 0 Å². The quantitative estimate of drug-likeness (QED) is 0.839. The van der Waals surface area contributed by atoms with Crippen LogP contribution in [0.5, 0.6) is 0 Å². The Labute approximate surface area is 122 Å². The second-order valence-corrected chi connectivity index (χ2v) is 6.98. The summed E-state index contributed by atoms with van der Waals surface area (Å²) < 4.78 is 2.26. The van der Waals surface area contributed by atoms with Crippen LogP contribution in [0.3, 0.4) is 0 Å². The monoisotopic (exact) mass is 276 g/mol. The van der Waals surface area contributed by atoms with Crippen LogP contribution in [0.4, 0.5) is 0 Å². The predicted molar refractivity (Wildman–Crippen MR) is 80.3 cm³/mol. The summed E-state index contributed by atoms with van der Waals surface area (Å²) in [4.78, 5) is 0. The Morgan fingerprint density at radius 1 is 1.20 bits per heavy atom. The average Bonchev–Trinajstić information content (AvgIpc) is 3.21. The largest absolute Gasteiger partial charge is 0.313 e. The first-order chi connectivity index (χ1) is 9.74. The summed E-state index contributed by atoms with van der Waals surface area (Å²) in [6, 6.07) is 1.35. The van der Waals surface area contributed by atoms with Gasteiger partial charge in [-0.1, -0.05) is 26.7 Å². The normalized spacial score (nSPS) is 27.8. The van der Waals surface area contributed by atoms with Crippen molar-refractivity contribution in [3.63, 3.8) is 0 Å². The lowest BCUT2D eigenvalue weighted by Crippen LogP contribution is -2.29. The highest BCUT2D eigenvalue weighted by Crippen LogP contribution is 2.35. The molecule has 4 heteroatoms. The summed E-state index contributed by atoms with van der Waals surface area (Å²) in [6.45, 7) is 5.63. The summed E-state index contributed by atoms with van der Waals surface area (Å²) in [7, 11) is 0. The maximum Gasteiger partial charge on any atom is 0.147 e. The molecule has 3 rings (SSSR count). The minimum Gasteiger partial charge on any atom is -0.313 e. The molecule has 0 bridgehead atoms. The molecule has 0 saturated heterocycles. The van der Waals surface area contributed by atoms with E-state index in [9.17, 15) is 0 Å². The molecule has 4 nitrogen and oxygen atoms in total. The molecule has 2 atom stereocenters. The molecule has 2 aliphatic rings. The Morgan fingerprint density at radius 2 is 2.05 bits per heavy atom. The molecule has 2 fully saturated rings. The molecule has 0 unspecified atom stereocenters. The number of hydrogen-bond acceptors (Lipinski definition) is 3. The second-order valence-electron chi connectivity index (χ2n) is 6.98. The van der Waals surface area contributed by atoms with Gasteiger partial charge in [0.1, 0.15) is 12.2 Å². The molecule has 112 valence electrons. The lowest BCUT2D eigenvalue weighted by molar-refractivity contribution is 0.337. The van der Waals surface area contributed by atoms with E-state index in [1.54, 1.807) is 0 Å². The molecule has 0 aromatic carbocycles. The number of aromatic nitrogens is 3. The van der Waals surface area contributed by atoms with Gasteiger partial charge in [-0.15, -0.1) is 10.2 Å². The Balaban J connectivity index is 1.49. The molecule has 1 aromatic rings. The molecule has 20 heavy (non-hydrogen) atoms. The predicted octanol–water partition coefficient (Wildman–Crippen LogP) is 3.31. The maximum atomic E-state index is 4.28. The molecule has 0 radical (unpaired) electrons. The first-order valence-electron chi connectivity index (χ1n) is 8.36. The summed E-state index contributed by atoms with van der Waals surface area (Å²) in [6.07, 6.45) is 11.3. The lowest BCUT2D eigenvalue weighted by Gasteiger charge is -2.19. The van der Waals surface area contributed by atoms with E-state index in [0.717, 1.165) is 24.2 Å². The van der Waals surface area contributed by atoms with E-state index in [0.29, 0.717) is 12.1 Å². The van der Waals surface area contributed by atoms with Gasteiger partial charge in [-0.05, 0) is 43.9 Å². The van der Waals surface area contributed by atoms with Gasteiger partial charge < -0.3 is 9.88 Å². The van der Waals surface area contributed by atoms with E-state index >= 15 is 0 Å². The lowest BCUT2D eigenvalue weighted by atomic mass is 9.89. The van der Waals surface area contributed by atoms with Gasteiger partial charge in [-0.25, -0.2) is 0 Å². The van der Waals surface area contributed by atoms with E-state index in [2.05, 4.69) is 33.9 Å². The molecule has 0 amide bonds. The van der Waals surface area contributed by atoms with Crippen molar-refractivity contribution in [3.05, 3.63) is 12.2 Å². The number of hydrogen-bond donors (Lipinski definition) is 1. The van der Waals surface area contributed by atoms with Crippen LogP contribution < -0.4 is 5.32 Å². The molecular formula is C16H28N4. The third-order valence-corrected chi connectivity index (χ3v) is 5.09. The van der Waals surface area contributed by atoms with Crippen molar-refractivity contribution in [2.75, 3.05) is 0 Å². The van der Waals surface area contributed by atoms with Crippen molar-refractivity contribution in [3.8, 4) is 0 Å². The Kier molecular flexibility index (Phi) is 4.39. The van der Waals surface area contributed by atoms with Gasteiger partial charge in [0.25, 0.3) is 0 Å². The number of nitrogens with one attached hydrogen (secondary N) is 1. The molecule has 1 aromatic heterocycles. The van der Waals surface area contributed by atoms with Crippen LogP contribution in [0.25, 0.3) is 0 Å². The van der Waals surface area contributed by atoms with Gasteiger partial charge in [-0.3, -0.25) is 0 Å². The van der Waals surface area contributed by atoms with Crippen molar-refractivity contribution in [2.45, 2.75) is 77.4 Å². The first-order valence-corrected chi connectivity index (χ1v) is 8.36. The van der Waals surface area contributed by atoms with Crippen LogP contribution in [0.15, 0.2) is 6.33 Å². The van der Waals surface area contributed by atoms with Gasteiger partial charge in [0, 0.05) is 12.1 Å². The molecule has 1 heterocycles. The van der Waals surface area contributed by atoms with Crippen LogP contribution in [-0.4, -0.2) is 20.8 Å². The third-order valence-electron chi connectivity index (χ3n) is 5.09. The fraction of sp³-hybridized carbons (Fsp3) is 0.875. The van der Waals surface area contributed by atoms with E-state index in [-0.39, 0.29) is 0 Å². The molecule has 0 aliphatic heterocycles. The highest BCUT2D eigenvalue weighted by molar-refractivity contribution is 4.95. The smallest absolute Gasteiger partial charge is 0.147 e. The third kappa shape index (κ3) is 3.40. The van der Waals surface area contributed by atoms with Gasteiger partial charge in [0.15, 0.2) is 0 Å². The first kappa shape index (κ1) is 14.1. The van der Waals surface area contributed by atoms with Crippen molar-refractivity contribution >= 4 is 0 Å². The van der Waals surface area contributed by atoms with Crippen LogP contribution in [-0.2, 0) is 6.54 Å². The second kappa shape index (κ2) is 6.25. The minimum absolute atomic E-state index is 0.670. The topological polar surface area (TPSA) is 42.7 Å². The highest BCUT2D eigenvalue weighted by atomic mass is 15.3. The minimum atomic E-state index is 0.670. The van der Waals surface area contributed by atoms with Crippen molar-refractivity contribution in [1.82, 2.24) is 20.1 Å². The zero-order valence-electron chi connectivity index (χ0n) is 12.9.